The van der Waals surface area contributed by atoms with Crippen molar-refractivity contribution in [2.24, 2.45) is 5.73 Å². The van der Waals surface area contributed by atoms with Crippen molar-refractivity contribution in [3.05, 3.63) is 0 Å². The number of hydrogen-bond acceptors (Lipinski definition) is 5. The largest absolute Gasteiger partial charge is 0.391 e. The van der Waals surface area contributed by atoms with Gasteiger partial charge < -0.3 is 10.6 Å². The Morgan fingerprint density at radius 3 is 2.16 bits per heavy atom. The molecule has 8 heteroatoms. The van der Waals surface area contributed by atoms with Crippen molar-refractivity contribution in [1.82, 2.24) is 9.21 Å². The molecule has 0 spiro atoms. The molecule has 2 heterocycles. The predicted octanol–water partition coefficient (Wildman–Crippen LogP) is -0.312. The van der Waals surface area contributed by atoms with Crippen LogP contribution in [-0.2, 0) is 14.8 Å². The number of piperidine rings is 1. The van der Waals surface area contributed by atoms with E-state index in [0.29, 0.717) is 25.9 Å². The van der Waals surface area contributed by atoms with Crippen LogP contribution < -0.4 is 5.73 Å². The molecular weight excluding hydrogens is 286 g/mol. The Kier molecular flexibility index (Phi) is 3.19. The van der Waals surface area contributed by atoms with Crippen LogP contribution in [-0.4, -0.2) is 58.9 Å². The number of likely N-dealkylation sites (tertiary alicyclic amines) is 1. The molecule has 0 bridgehead atoms. The van der Waals surface area contributed by atoms with E-state index in [9.17, 15) is 13.2 Å². The summed E-state index contributed by atoms with van der Waals surface area (Å²) in [6.45, 7) is 4.17. The quantitative estimate of drug-likeness (QED) is 0.705. The van der Waals surface area contributed by atoms with E-state index in [4.69, 9.17) is 18.0 Å². The molecule has 0 saturated carbocycles. The number of carbonyl (C=O) groups excluding carboxylic acids is 1. The first-order valence-corrected chi connectivity index (χ1v) is 8.00. The van der Waals surface area contributed by atoms with Crippen LogP contribution >= 0.6 is 12.2 Å². The molecular formula is C11H19N3O3S2. The van der Waals surface area contributed by atoms with Gasteiger partial charge in [0, 0.05) is 13.1 Å². The van der Waals surface area contributed by atoms with E-state index in [-0.39, 0.29) is 4.99 Å². The monoisotopic (exact) mass is 305 g/mol. The second-order valence-electron chi connectivity index (χ2n) is 5.78. The van der Waals surface area contributed by atoms with Gasteiger partial charge in [0.25, 0.3) is 15.9 Å². The molecule has 108 valence electrons. The Bertz CT molecular complexity index is 533. The van der Waals surface area contributed by atoms with Crippen LogP contribution in [0.1, 0.15) is 26.7 Å². The molecule has 1 amide bonds. The van der Waals surface area contributed by atoms with E-state index in [1.165, 1.54) is 13.8 Å². The van der Waals surface area contributed by atoms with Crippen LogP contribution in [0.4, 0.5) is 0 Å². The molecule has 2 fully saturated rings. The number of nitrogens with zero attached hydrogens (tertiary/aromatic N) is 2. The molecule has 0 unspecified atom stereocenters. The molecule has 0 aliphatic carbocycles. The van der Waals surface area contributed by atoms with Gasteiger partial charge in [-0.2, -0.15) is 0 Å². The van der Waals surface area contributed by atoms with Crippen molar-refractivity contribution in [2.75, 3.05) is 20.1 Å². The van der Waals surface area contributed by atoms with Gasteiger partial charge in [-0.15, -0.1) is 0 Å². The molecule has 2 aliphatic rings. The van der Waals surface area contributed by atoms with E-state index >= 15 is 0 Å². The van der Waals surface area contributed by atoms with Crippen LogP contribution in [0.25, 0.3) is 0 Å². The van der Waals surface area contributed by atoms with E-state index in [2.05, 4.69) is 4.90 Å². The summed E-state index contributed by atoms with van der Waals surface area (Å²) in [7, 11) is -1.73. The molecule has 2 aliphatic heterocycles. The van der Waals surface area contributed by atoms with Crippen LogP contribution in [0, 0.1) is 0 Å². The van der Waals surface area contributed by atoms with Gasteiger partial charge in [0.15, 0.2) is 4.75 Å². The highest BCUT2D eigenvalue weighted by Gasteiger charge is 2.67. The van der Waals surface area contributed by atoms with Gasteiger partial charge in [0.05, 0.1) is 0 Å². The highest BCUT2D eigenvalue weighted by molar-refractivity contribution is 7.94. The van der Waals surface area contributed by atoms with E-state index in [1.54, 1.807) is 0 Å². The number of carbonyl (C=O) groups is 1. The topological polar surface area (TPSA) is 83.7 Å². The fourth-order valence-corrected chi connectivity index (χ4v) is 4.79. The Hall–Kier alpha value is -0.730. The third kappa shape index (κ3) is 1.73. The summed E-state index contributed by atoms with van der Waals surface area (Å²) in [5, 5.41) is 0. The first kappa shape index (κ1) is 14.7. The lowest BCUT2D eigenvalue weighted by molar-refractivity contribution is -0.136. The van der Waals surface area contributed by atoms with Crippen LogP contribution in [0.15, 0.2) is 0 Å². The number of sulfonamides is 1. The predicted molar refractivity (Wildman–Crippen MR) is 76.1 cm³/mol. The summed E-state index contributed by atoms with van der Waals surface area (Å²) in [6, 6.07) is 0. The highest BCUT2D eigenvalue weighted by Crippen LogP contribution is 2.44. The van der Waals surface area contributed by atoms with Gasteiger partial charge in [-0.1, -0.05) is 12.2 Å². The first-order valence-electron chi connectivity index (χ1n) is 6.15. The first-order chi connectivity index (χ1) is 8.57. The lowest BCUT2D eigenvalue weighted by Gasteiger charge is -2.55. The number of amides is 1. The molecule has 2 rings (SSSR count). The normalized spacial score (nSPS) is 28.8. The van der Waals surface area contributed by atoms with Gasteiger partial charge in [-0.3, -0.25) is 4.79 Å². The Labute approximate surface area is 119 Å². The third-order valence-corrected chi connectivity index (χ3v) is 7.09. The summed E-state index contributed by atoms with van der Waals surface area (Å²) in [5.41, 5.74) is 4.76. The van der Waals surface area contributed by atoms with Crippen molar-refractivity contribution in [2.45, 2.75) is 37.0 Å². The van der Waals surface area contributed by atoms with Gasteiger partial charge in [-0.05, 0) is 33.7 Å². The van der Waals surface area contributed by atoms with E-state index in [0.717, 1.165) is 4.31 Å². The fourth-order valence-electron chi connectivity index (χ4n) is 2.62. The molecule has 2 saturated heterocycles. The van der Waals surface area contributed by atoms with E-state index in [1.807, 2.05) is 7.05 Å². The summed E-state index contributed by atoms with van der Waals surface area (Å²) in [6.07, 6.45) is 0.916. The molecule has 0 aromatic heterocycles. The molecule has 19 heavy (non-hydrogen) atoms. The zero-order chi connectivity index (χ0) is 14.6. The Balaban J connectivity index is 2.44. The van der Waals surface area contributed by atoms with Crippen molar-refractivity contribution in [3.63, 3.8) is 0 Å². The van der Waals surface area contributed by atoms with Gasteiger partial charge in [0.2, 0.25) is 0 Å². The maximum Gasteiger partial charge on any atom is 0.259 e. The molecule has 0 aromatic rings. The molecule has 0 radical (unpaired) electrons. The SMILES string of the molecule is CN1CCC(C(N)=S)(N2C(=O)C(C)(C)S2(=O)=O)CC1. The molecule has 6 nitrogen and oxygen atoms in total. The maximum atomic E-state index is 12.3. The van der Waals surface area contributed by atoms with E-state index < -0.39 is 26.2 Å². The maximum absolute atomic E-state index is 12.3. The average molecular weight is 305 g/mol. The standard InChI is InChI=1S/C11H19N3O3S2/c1-10(2)9(15)14(19(10,16)17)11(8(12)18)4-6-13(3)7-5-11/h4-7H2,1-3H3,(H2,12,18). The summed E-state index contributed by atoms with van der Waals surface area (Å²) >= 11 is 5.07. The minimum Gasteiger partial charge on any atom is -0.391 e. The van der Waals surface area contributed by atoms with Gasteiger partial charge in [0.1, 0.15) is 10.5 Å². The summed E-state index contributed by atoms with van der Waals surface area (Å²) in [4.78, 5) is 14.4. The second kappa shape index (κ2) is 4.13. The number of nitrogens with two attached hydrogens (primary N) is 1. The lowest BCUT2D eigenvalue weighted by atomic mass is 9.86. The average Bonchev–Trinajstić information content (AvgIpc) is 2.31. The van der Waals surface area contributed by atoms with Crippen molar-refractivity contribution < 1.29 is 13.2 Å². The van der Waals surface area contributed by atoms with Crippen LogP contribution in [0.2, 0.25) is 0 Å². The van der Waals surface area contributed by atoms with Gasteiger partial charge in [-0.25, -0.2) is 12.7 Å². The molecule has 0 aromatic carbocycles. The lowest BCUT2D eigenvalue weighted by Crippen LogP contribution is -2.77. The Morgan fingerprint density at radius 1 is 1.32 bits per heavy atom. The smallest absolute Gasteiger partial charge is 0.259 e. The van der Waals surface area contributed by atoms with Crippen molar-refractivity contribution in [1.29, 1.82) is 0 Å². The van der Waals surface area contributed by atoms with Gasteiger partial charge >= 0.3 is 0 Å². The van der Waals surface area contributed by atoms with Crippen LogP contribution in [0.3, 0.4) is 0 Å². The molecule has 2 N–H and O–H groups in total. The summed E-state index contributed by atoms with van der Waals surface area (Å²) in [5.74, 6) is -0.412. The fraction of sp³-hybridized carbons (Fsp3) is 0.818. The number of rotatable bonds is 2. The minimum absolute atomic E-state index is 0.0908. The minimum atomic E-state index is -3.67. The second-order valence-corrected chi connectivity index (χ2v) is 8.56. The Morgan fingerprint density at radius 2 is 1.79 bits per heavy atom. The summed E-state index contributed by atoms with van der Waals surface area (Å²) < 4.78 is 24.3. The molecule has 0 atom stereocenters. The van der Waals surface area contributed by atoms with Crippen LogP contribution in [0.5, 0.6) is 0 Å². The number of hydrogen-bond donors (Lipinski definition) is 1. The third-order valence-electron chi connectivity index (χ3n) is 4.25. The zero-order valence-corrected chi connectivity index (χ0v) is 13.0. The zero-order valence-electron chi connectivity index (χ0n) is 11.3. The number of thiocarbonyl (C=S) groups is 1. The van der Waals surface area contributed by atoms with Crippen molar-refractivity contribution in [3.8, 4) is 0 Å². The van der Waals surface area contributed by atoms with Crippen molar-refractivity contribution >= 4 is 33.1 Å². The highest BCUT2D eigenvalue weighted by atomic mass is 32.2.